The van der Waals surface area contributed by atoms with Crippen LogP contribution in [0.5, 0.6) is 0 Å². The summed E-state index contributed by atoms with van der Waals surface area (Å²) in [6.45, 7) is 10.1. The van der Waals surface area contributed by atoms with Gasteiger partial charge in [0.1, 0.15) is 5.54 Å². The Hall–Kier alpha value is -1.30. The van der Waals surface area contributed by atoms with E-state index in [1.54, 1.807) is 0 Å². The van der Waals surface area contributed by atoms with Crippen molar-refractivity contribution in [1.82, 2.24) is 10.6 Å². The molecule has 1 aliphatic carbocycles. The van der Waals surface area contributed by atoms with Gasteiger partial charge in [0.05, 0.1) is 6.10 Å². The van der Waals surface area contributed by atoms with E-state index in [0.717, 1.165) is 6.42 Å². The third kappa shape index (κ3) is 3.87. The van der Waals surface area contributed by atoms with E-state index in [1.165, 1.54) is 6.92 Å². The summed E-state index contributed by atoms with van der Waals surface area (Å²) in [5, 5.41) is 14.7. The molecule has 6 nitrogen and oxygen atoms in total. The number of aliphatic carboxylic acids is 1. The van der Waals surface area contributed by atoms with Crippen molar-refractivity contribution in [2.24, 2.45) is 5.41 Å². The van der Waals surface area contributed by atoms with E-state index < -0.39 is 17.5 Å². The predicted molar refractivity (Wildman–Crippen MR) is 80.2 cm³/mol. The fraction of sp³-hybridized carbons (Fsp3) is 0.867. The Kier molecular flexibility index (Phi) is 5.61. The molecule has 6 heteroatoms. The van der Waals surface area contributed by atoms with Gasteiger partial charge in [0.25, 0.3) is 0 Å². The molecule has 0 spiro atoms. The molecule has 1 fully saturated rings. The summed E-state index contributed by atoms with van der Waals surface area (Å²) < 4.78 is 5.62. The van der Waals surface area contributed by atoms with Gasteiger partial charge in [-0.3, -0.25) is 0 Å². The number of carbonyl (C=O) groups is 2. The van der Waals surface area contributed by atoms with Crippen LogP contribution in [-0.4, -0.2) is 41.4 Å². The normalized spacial score (nSPS) is 26.3. The van der Waals surface area contributed by atoms with E-state index in [4.69, 9.17) is 4.74 Å². The molecule has 0 aliphatic heterocycles. The SMILES string of the molecule is CCCC(C)(NC(=O)NC1CC(OCC)C1(C)C)C(=O)O. The van der Waals surface area contributed by atoms with Crippen molar-refractivity contribution < 1.29 is 19.4 Å². The molecule has 0 saturated heterocycles. The second-order valence-corrected chi connectivity index (χ2v) is 6.54. The molecule has 0 radical (unpaired) electrons. The van der Waals surface area contributed by atoms with E-state index >= 15 is 0 Å². The van der Waals surface area contributed by atoms with Crippen molar-refractivity contribution in [3.8, 4) is 0 Å². The highest BCUT2D eigenvalue weighted by Gasteiger charge is 2.50. The molecular weight excluding hydrogens is 272 g/mol. The van der Waals surface area contributed by atoms with Crippen molar-refractivity contribution in [3.05, 3.63) is 0 Å². The van der Waals surface area contributed by atoms with Crippen molar-refractivity contribution >= 4 is 12.0 Å². The second kappa shape index (κ2) is 6.64. The first kappa shape index (κ1) is 17.8. The highest BCUT2D eigenvalue weighted by molar-refractivity contribution is 5.86. The molecule has 3 N–H and O–H groups in total. The fourth-order valence-corrected chi connectivity index (χ4v) is 2.78. The highest BCUT2D eigenvalue weighted by Crippen LogP contribution is 2.42. The molecule has 1 saturated carbocycles. The number of rotatable bonds is 7. The molecule has 122 valence electrons. The van der Waals surface area contributed by atoms with Gasteiger partial charge in [-0.1, -0.05) is 27.2 Å². The first-order chi connectivity index (χ1) is 9.67. The standard InChI is InChI=1S/C15H28N2O4/c1-6-8-15(5,12(18)19)17-13(20)16-10-9-11(21-7-2)14(10,3)4/h10-11H,6-9H2,1-5H3,(H,18,19)(H2,16,17,20). The van der Waals surface area contributed by atoms with Crippen LogP contribution in [0.1, 0.15) is 53.9 Å². The third-order valence-electron chi connectivity index (χ3n) is 4.46. The summed E-state index contributed by atoms with van der Waals surface area (Å²) in [7, 11) is 0. The number of hydrogen-bond acceptors (Lipinski definition) is 3. The zero-order valence-corrected chi connectivity index (χ0v) is 13.7. The minimum absolute atomic E-state index is 0.00581. The van der Waals surface area contributed by atoms with Crippen molar-refractivity contribution in [1.29, 1.82) is 0 Å². The molecule has 1 rings (SSSR count). The molecule has 0 bridgehead atoms. The largest absolute Gasteiger partial charge is 0.480 e. The van der Waals surface area contributed by atoms with E-state index in [0.29, 0.717) is 19.4 Å². The van der Waals surface area contributed by atoms with E-state index in [1.807, 2.05) is 27.7 Å². The maximum Gasteiger partial charge on any atom is 0.329 e. The number of nitrogens with one attached hydrogen (secondary N) is 2. The minimum Gasteiger partial charge on any atom is -0.480 e. The average molecular weight is 300 g/mol. The maximum atomic E-state index is 12.1. The van der Waals surface area contributed by atoms with Gasteiger partial charge in [-0.25, -0.2) is 9.59 Å². The van der Waals surface area contributed by atoms with Crippen LogP contribution in [0.2, 0.25) is 0 Å². The van der Waals surface area contributed by atoms with Crippen LogP contribution in [0.25, 0.3) is 0 Å². The summed E-state index contributed by atoms with van der Waals surface area (Å²) in [4.78, 5) is 23.4. The fourth-order valence-electron chi connectivity index (χ4n) is 2.78. The van der Waals surface area contributed by atoms with Crippen LogP contribution >= 0.6 is 0 Å². The Morgan fingerprint density at radius 1 is 1.38 bits per heavy atom. The Bertz CT molecular complexity index is 397. The van der Waals surface area contributed by atoms with Crippen LogP contribution < -0.4 is 10.6 Å². The van der Waals surface area contributed by atoms with Crippen LogP contribution in [-0.2, 0) is 9.53 Å². The van der Waals surface area contributed by atoms with Gasteiger partial charge in [-0.15, -0.1) is 0 Å². The van der Waals surface area contributed by atoms with Crippen molar-refractivity contribution in [2.45, 2.75) is 71.6 Å². The number of amides is 2. The first-order valence-electron chi connectivity index (χ1n) is 7.61. The van der Waals surface area contributed by atoms with Gasteiger partial charge in [0, 0.05) is 18.1 Å². The molecule has 3 atom stereocenters. The Morgan fingerprint density at radius 3 is 2.43 bits per heavy atom. The lowest BCUT2D eigenvalue weighted by Gasteiger charge is -2.51. The molecule has 0 aromatic heterocycles. The predicted octanol–water partition coefficient (Wildman–Crippen LogP) is 2.13. The molecule has 21 heavy (non-hydrogen) atoms. The number of hydrogen-bond donors (Lipinski definition) is 3. The number of urea groups is 1. The summed E-state index contributed by atoms with van der Waals surface area (Å²) in [6, 6.07) is -0.435. The second-order valence-electron chi connectivity index (χ2n) is 6.54. The van der Waals surface area contributed by atoms with Gasteiger partial charge < -0.3 is 20.5 Å². The van der Waals surface area contributed by atoms with Crippen molar-refractivity contribution in [3.63, 3.8) is 0 Å². The van der Waals surface area contributed by atoms with Crippen LogP contribution in [0, 0.1) is 5.41 Å². The lowest BCUT2D eigenvalue weighted by molar-refractivity contribution is -0.144. The Morgan fingerprint density at radius 2 is 2.00 bits per heavy atom. The van der Waals surface area contributed by atoms with E-state index in [-0.39, 0.29) is 17.6 Å². The molecular formula is C15H28N2O4. The molecule has 3 unspecified atom stereocenters. The average Bonchev–Trinajstić information content (AvgIpc) is 2.37. The van der Waals surface area contributed by atoms with E-state index in [2.05, 4.69) is 10.6 Å². The van der Waals surface area contributed by atoms with Gasteiger partial charge in [0.15, 0.2) is 0 Å². The quantitative estimate of drug-likeness (QED) is 0.672. The van der Waals surface area contributed by atoms with E-state index in [9.17, 15) is 14.7 Å². The molecule has 0 aromatic carbocycles. The number of carbonyl (C=O) groups excluding carboxylic acids is 1. The van der Waals surface area contributed by atoms with Crippen LogP contribution in [0.3, 0.4) is 0 Å². The molecule has 0 aromatic rings. The van der Waals surface area contributed by atoms with Crippen molar-refractivity contribution in [2.75, 3.05) is 6.61 Å². The number of carboxylic acid groups (broad SMARTS) is 1. The zero-order chi connectivity index (χ0) is 16.3. The number of ether oxygens (including phenoxy) is 1. The Labute approximate surface area is 126 Å². The third-order valence-corrected chi connectivity index (χ3v) is 4.46. The summed E-state index contributed by atoms with van der Waals surface area (Å²) in [5.41, 5.74) is -1.37. The lowest BCUT2D eigenvalue weighted by Crippen LogP contribution is -2.65. The topological polar surface area (TPSA) is 87.7 Å². The first-order valence-corrected chi connectivity index (χ1v) is 7.61. The summed E-state index contributed by atoms with van der Waals surface area (Å²) in [5.74, 6) is -1.01. The molecule has 2 amide bonds. The molecule has 0 heterocycles. The molecule has 1 aliphatic rings. The monoisotopic (exact) mass is 300 g/mol. The lowest BCUT2D eigenvalue weighted by atomic mass is 9.64. The van der Waals surface area contributed by atoms with Crippen LogP contribution in [0.4, 0.5) is 4.79 Å². The van der Waals surface area contributed by atoms with Gasteiger partial charge >= 0.3 is 12.0 Å². The smallest absolute Gasteiger partial charge is 0.329 e. The van der Waals surface area contributed by atoms with Crippen LogP contribution in [0.15, 0.2) is 0 Å². The maximum absolute atomic E-state index is 12.1. The highest BCUT2D eigenvalue weighted by atomic mass is 16.5. The zero-order valence-electron chi connectivity index (χ0n) is 13.7. The van der Waals surface area contributed by atoms with Gasteiger partial charge in [0.2, 0.25) is 0 Å². The summed E-state index contributed by atoms with van der Waals surface area (Å²) >= 11 is 0. The number of carboxylic acids is 1. The minimum atomic E-state index is -1.23. The van der Waals surface area contributed by atoms with Gasteiger partial charge in [-0.2, -0.15) is 0 Å². The Balaban J connectivity index is 2.57. The summed E-state index contributed by atoms with van der Waals surface area (Å²) in [6.07, 6.45) is 1.97. The van der Waals surface area contributed by atoms with Gasteiger partial charge in [-0.05, 0) is 26.7 Å².